The molecule has 0 fully saturated rings. The summed E-state index contributed by atoms with van der Waals surface area (Å²) in [5.41, 5.74) is 0. The number of hydrogen-bond donors (Lipinski definition) is 0. The molecule has 0 aromatic carbocycles. The molecule has 0 saturated heterocycles. The van der Waals surface area contributed by atoms with Crippen LogP contribution in [0.25, 0.3) is 0 Å². The van der Waals surface area contributed by atoms with Gasteiger partial charge in [-0.2, -0.15) is 0 Å². The van der Waals surface area contributed by atoms with Crippen molar-refractivity contribution in [1.82, 2.24) is 14.5 Å². The molecule has 2 rings (SSSR count). The molecule has 0 atom stereocenters. The van der Waals surface area contributed by atoms with Gasteiger partial charge in [-0.15, -0.1) is 11.3 Å². The summed E-state index contributed by atoms with van der Waals surface area (Å²) >= 11 is 1.67. The monoisotopic (exact) mass is 192 g/mol. The van der Waals surface area contributed by atoms with E-state index in [0.717, 1.165) is 18.0 Å². The Morgan fingerprint density at radius 1 is 1.46 bits per heavy atom. The minimum atomic E-state index is 0.972. The van der Waals surface area contributed by atoms with E-state index in [1.165, 1.54) is 0 Å². The molecule has 67 valence electrons. The van der Waals surface area contributed by atoms with E-state index in [-0.39, 0.29) is 0 Å². The summed E-state index contributed by atoms with van der Waals surface area (Å²) in [4.78, 5) is 8.15. The normalized spacial score (nSPS) is 10.5. The molecule has 2 heterocycles. The van der Waals surface area contributed by atoms with Crippen molar-refractivity contribution >= 4 is 11.3 Å². The van der Waals surface area contributed by atoms with Crippen LogP contribution >= 0.6 is 11.3 Å². The van der Waals surface area contributed by atoms with Crippen LogP contribution in [0.15, 0.2) is 30.3 Å². The highest BCUT2D eigenvalue weighted by Gasteiger charge is 1.96. The van der Waals surface area contributed by atoms with Crippen molar-refractivity contribution in [3.05, 3.63) is 41.7 Å². The van der Waals surface area contributed by atoms with E-state index < -0.39 is 0 Å². The standard InChI is InChI=1S/C9H10N3S/c1(2-9-11-4-7-13-9)5-12-6-3-10-8-12/h2-4,6-8H,1,5H2. The first-order chi connectivity index (χ1) is 6.45. The molecule has 0 spiro atoms. The average Bonchev–Trinajstić information content (AvgIpc) is 2.75. The van der Waals surface area contributed by atoms with E-state index in [9.17, 15) is 0 Å². The second kappa shape index (κ2) is 4.18. The smallest absolute Gasteiger partial charge is 0.0963 e. The number of aryl methyl sites for hydroxylation is 1. The van der Waals surface area contributed by atoms with Crippen LogP contribution in [0.4, 0.5) is 0 Å². The third-order valence-electron chi connectivity index (χ3n) is 1.72. The van der Waals surface area contributed by atoms with E-state index >= 15 is 0 Å². The average molecular weight is 192 g/mol. The Morgan fingerprint density at radius 2 is 2.46 bits per heavy atom. The molecule has 4 heteroatoms. The summed E-state index contributed by atoms with van der Waals surface area (Å²) in [5, 5.41) is 3.09. The molecule has 13 heavy (non-hydrogen) atoms. The molecule has 0 aliphatic carbocycles. The Balaban J connectivity index is 1.76. The van der Waals surface area contributed by atoms with Gasteiger partial charge in [0, 0.05) is 36.9 Å². The molecular formula is C9H10N3S. The summed E-state index contributed by atoms with van der Waals surface area (Å²) in [5.74, 6) is 0. The highest BCUT2D eigenvalue weighted by Crippen LogP contribution is 2.09. The lowest BCUT2D eigenvalue weighted by Crippen LogP contribution is -1.94. The van der Waals surface area contributed by atoms with Crippen molar-refractivity contribution in [2.75, 3.05) is 0 Å². The predicted octanol–water partition coefficient (Wildman–Crippen LogP) is 1.98. The first-order valence-electron chi connectivity index (χ1n) is 4.13. The highest BCUT2D eigenvalue weighted by molar-refractivity contribution is 7.09. The summed E-state index contributed by atoms with van der Waals surface area (Å²) in [7, 11) is 0. The molecule has 0 unspecified atom stereocenters. The maximum absolute atomic E-state index is 4.17. The number of imidazole rings is 1. The molecule has 1 radical (unpaired) electrons. The number of rotatable bonds is 4. The van der Waals surface area contributed by atoms with E-state index in [4.69, 9.17) is 0 Å². The quantitative estimate of drug-likeness (QED) is 0.741. The van der Waals surface area contributed by atoms with Gasteiger partial charge in [-0.1, -0.05) is 0 Å². The first-order valence-corrected chi connectivity index (χ1v) is 5.01. The van der Waals surface area contributed by atoms with Crippen LogP contribution in [-0.2, 0) is 6.54 Å². The zero-order chi connectivity index (χ0) is 8.93. The zero-order valence-electron chi connectivity index (χ0n) is 7.13. The Bertz CT molecular complexity index is 291. The Morgan fingerprint density at radius 3 is 3.15 bits per heavy atom. The van der Waals surface area contributed by atoms with Crippen LogP contribution in [0, 0.1) is 6.42 Å². The lowest BCUT2D eigenvalue weighted by atomic mass is 10.3. The van der Waals surface area contributed by atoms with Gasteiger partial charge in [0.1, 0.15) is 0 Å². The van der Waals surface area contributed by atoms with Crippen LogP contribution < -0.4 is 0 Å². The minimum absolute atomic E-state index is 0.972. The van der Waals surface area contributed by atoms with Crippen molar-refractivity contribution in [3.63, 3.8) is 0 Å². The van der Waals surface area contributed by atoms with Gasteiger partial charge in [0.2, 0.25) is 0 Å². The van der Waals surface area contributed by atoms with E-state index in [0.29, 0.717) is 0 Å². The highest BCUT2D eigenvalue weighted by atomic mass is 32.1. The van der Waals surface area contributed by atoms with E-state index in [1.54, 1.807) is 17.5 Å². The van der Waals surface area contributed by atoms with Crippen LogP contribution in [0.5, 0.6) is 0 Å². The second-order valence-corrected chi connectivity index (χ2v) is 3.59. The third kappa shape index (κ3) is 2.39. The molecule has 2 aromatic heterocycles. The van der Waals surface area contributed by atoms with Crippen molar-refractivity contribution in [3.8, 4) is 0 Å². The Hall–Kier alpha value is -1.16. The van der Waals surface area contributed by atoms with Gasteiger partial charge < -0.3 is 4.57 Å². The first kappa shape index (κ1) is 8.44. The second-order valence-electron chi connectivity index (χ2n) is 2.66. The number of nitrogens with zero attached hydrogens (tertiary/aromatic N) is 3. The predicted molar refractivity (Wildman–Crippen MR) is 52.4 cm³/mol. The fraction of sp³-hybridized carbons (Fsp3) is 0.222. The van der Waals surface area contributed by atoms with Gasteiger partial charge in [0.05, 0.1) is 11.3 Å². The van der Waals surface area contributed by atoms with Crippen LogP contribution in [-0.4, -0.2) is 14.5 Å². The molecule has 2 aromatic rings. The topological polar surface area (TPSA) is 30.7 Å². The molecular weight excluding hydrogens is 182 g/mol. The zero-order valence-corrected chi connectivity index (χ0v) is 7.94. The van der Waals surface area contributed by atoms with Gasteiger partial charge in [0.15, 0.2) is 0 Å². The summed E-state index contributed by atoms with van der Waals surface area (Å²) < 4.78 is 2.06. The number of hydrogen-bond acceptors (Lipinski definition) is 3. The maximum Gasteiger partial charge on any atom is 0.0963 e. The largest absolute Gasteiger partial charge is 0.337 e. The van der Waals surface area contributed by atoms with Gasteiger partial charge in [-0.3, -0.25) is 0 Å². The Labute approximate surface area is 81.1 Å². The van der Waals surface area contributed by atoms with Crippen molar-refractivity contribution in [2.45, 2.75) is 13.0 Å². The number of thiazole rings is 1. The van der Waals surface area contributed by atoms with Gasteiger partial charge in [-0.25, -0.2) is 9.97 Å². The molecule has 0 aliphatic heterocycles. The molecule has 0 saturated carbocycles. The summed E-state index contributed by atoms with van der Waals surface area (Å²) in [6.07, 6.45) is 10.6. The summed E-state index contributed by atoms with van der Waals surface area (Å²) in [6, 6.07) is 0. The Kier molecular flexibility index (Phi) is 2.72. The van der Waals surface area contributed by atoms with Crippen LogP contribution in [0.3, 0.4) is 0 Å². The molecule has 0 N–H and O–H groups in total. The van der Waals surface area contributed by atoms with Gasteiger partial charge in [-0.05, 0) is 6.42 Å². The van der Waals surface area contributed by atoms with Crippen molar-refractivity contribution in [1.29, 1.82) is 0 Å². The van der Waals surface area contributed by atoms with Crippen molar-refractivity contribution in [2.24, 2.45) is 0 Å². The molecule has 0 bridgehead atoms. The minimum Gasteiger partial charge on any atom is -0.337 e. The van der Waals surface area contributed by atoms with Crippen LogP contribution in [0.2, 0.25) is 0 Å². The maximum atomic E-state index is 4.17. The van der Waals surface area contributed by atoms with Gasteiger partial charge in [0.25, 0.3) is 0 Å². The van der Waals surface area contributed by atoms with Crippen molar-refractivity contribution < 1.29 is 0 Å². The SMILES string of the molecule is [CH](CCn1ccnc1)c1nccs1. The van der Waals surface area contributed by atoms with Gasteiger partial charge >= 0.3 is 0 Å². The molecule has 0 aliphatic rings. The lowest BCUT2D eigenvalue weighted by molar-refractivity contribution is 0.692. The molecule has 3 nitrogen and oxygen atoms in total. The summed E-state index contributed by atoms with van der Waals surface area (Å²) in [6.45, 7) is 0.972. The van der Waals surface area contributed by atoms with Crippen LogP contribution in [0.1, 0.15) is 11.4 Å². The van der Waals surface area contributed by atoms with E-state index in [1.807, 2.05) is 24.1 Å². The fourth-order valence-electron chi connectivity index (χ4n) is 1.09. The fourth-order valence-corrected chi connectivity index (χ4v) is 1.69. The third-order valence-corrected chi connectivity index (χ3v) is 2.49. The molecule has 0 amide bonds. The van der Waals surface area contributed by atoms with E-state index in [2.05, 4.69) is 21.0 Å². The number of aromatic nitrogens is 3. The lowest BCUT2D eigenvalue weighted by Gasteiger charge is -1.98.